The second-order valence-corrected chi connectivity index (χ2v) is 7.60. The Balaban J connectivity index is 2.15. The molecule has 98 valence electrons. The molecule has 3 nitrogen and oxygen atoms in total. The Kier molecular flexibility index (Phi) is 4.41. The third kappa shape index (κ3) is 2.50. The third-order valence-electron chi connectivity index (χ3n) is 3.77. The van der Waals surface area contributed by atoms with E-state index in [1.165, 1.54) is 12.8 Å². The van der Waals surface area contributed by atoms with Gasteiger partial charge >= 0.3 is 8.80 Å². The summed E-state index contributed by atoms with van der Waals surface area (Å²) in [6.07, 6.45) is 7.15. The van der Waals surface area contributed by atoms with Crippen molar-refractivity contribution in [3.8, 4) is 0 Å². The van der Waals surface area contributed by atoms with E-state index in [2.05, 4.69) is 12.2 Å². The molecule has 0 saturated heterocycles. The highest BCUT2D eigenvalue weighted by Crippen LogP contribution is 2.52. The average molecular weight is 256 g/mol. The summed E-state index contributed by atoms with van der Waals surface area (Å²) in [7, 11) is -2.47. The first-order chi connectivity index (χ1) is 8.25. The van der Waals surface area contributed by atoms with Gasteiger partial charge in [-0.15, -0.1) is 0 Å². The van der Waals surface area contributed by atoms with E-state index in [-0.39, 0.29) is 0 Å². The molecule has 1 fully saturated rings. The molecule has 17 heavy (non-hydrogen) atoms. The van der Waals surface area contributed by atoms with E-state index in [0.717, 1.165) is 5.92 Å². The molecule has 0 spiro atoms. The van der Waals surface area contributed by atoms with E-state index >= 15 is 0 Å². The predicted octanol–water partition coefficient (Wildman–Crippen LogP) is 3.00. The quantitative estimate of drug-likeness (QED) is 0.518. The van der Waals surface area contributed by atoms with E-state index in [9.17, 15) is 0 Å². The van der Waals surface area contributed by atoms with Crippen LogP contribution < -0.4 is 0 Å². The molecule has 0 heterocycles. The lowest BCUT2D eigenvalue weighted by molar-refractivity contribution is 0.0578. The molecule has 1 unspecified atom stereocenters. The van der Waals surface area contributed by atoms with E-state index < -0.39 is 8.80 Å². The Bertz CT molecular complexity index is 263. The van der Waals surface area contributed by atoms with Crippen LogP contribution in [0, 0.1) is 11.8 Å². The zero-order valence-corrected chi connectivity index (χ0v) is 12.1. The highest BCUT2D eigenvalue weighted by Gasteiger charge is 2.56. The Labute approximate surface area is 106 Å². The summed E-state index contributed by atoms with van der Waals surface area (Å²) in [5, 5.41) is 0. The first-order valence-corrected chi connectivity index (χ1v) is 8.66. The van der Waals surface area contributed by atoms with Crippen molar-refractivity contribution in [2.24, 2.45) is 11.8 Å². The van der Waals surface area contributed by atoms with Crippen LogP contribution in [0.1, 0.15) is 33.6 Å². The Morgan fingerprint density at radius 1 is 0.941 bits per heavy atom. The lowest BCUT2D eigenvalue weighted by atomic mass is 10.1. The van der Waals surface area contributed by atoms with Gasteiger partial charge in [-0.2, -0.15) is 0 Å². The van der Waals surface area contributed by atoms with Crippen LogP contribution in [-0.2, 0) is 13.3 Å². The molecule has 0 N–H and O–H groups in total. The molecule has 0 aliphatic heterocycles. The molecular weight excluding hydrogens is 232 g/mol. The van der Waals surface area contributed by atoms with Crippen molar-refractivity contribution >= 4 is 8.80 Å². The summed E-state index contributed by atoms with van der Waals surface area (Å²) in [6.45, 7) is 8.14. The molecule has 0 amide bonds. The van der Waals surface area contributed by atoms with E-state index in [4.69, 9.17) is 13.3 Å². The van der Waals surface area contributed by atoms with Crippen LogP contribution in [0.3, 0.4) is 0 Å². The fourth-order valence-corrected chi connectivity index (χ4v) is 6.70. The van der Waals surface area contributed by atoms with Gasteiger partial charge in [-0.1, -0.05) is 12.2 Å². The van der Waals surface area contributed by atoms with Crippen molar-refractivity contribution < 1.29 is 13.3 Å². The summed E-state index contributed by atoms with van der Waals surface area (Å²) in [5.41, 5.74) is 0.484. The number of rotatable bonds is 7. The van der Waals surface area contributed by atoms with Crippen molar-refractivity contribution in [1.82, 2.24) is 0 Å². The van der Waals surface area contributed by atoms with Gasteiger partial charge in [-0.3, -0.25) is 0 Å². The highest BCUT2D eigenvalue weighted by molar-refractivity contribution is 6.62. The molecular formula is C13H24O3Si. The minimum absolute atomic E-state index is 0.484. The topological polar surface area (TPSA) is 27.7 Å². The maximum atomic E-state index is 6.01. The Hall–Kier alpha value is -0.163. The SMILES string of the molecule is CCO[Si](OCC)(OCC)C1C[C@H]2C=C[C@@H]1C2. The third-order valence-corrected chi connectivity index (χ3v) is 7.41. The molecule has 0 aromatic rings. The number of fused-ring (bicyclic) bond motifs is 2. The monoisotopic (exact) mass is 256 g/mol. The summed E-state index contributed by atoms with van der Waals surface area (Å²) >= 11 is 0. The summed E-state index contributed by atoms with van der Waals surface area (Å²) in [5.74, 6) is 1.36. The lowest BCUT2D eigenvalue weighted by Gasteiger charge is -2.36. The van der Waals surface area contributed by atoms with Gasteiger partial charge in [0.1, 0.15) is 0 Å². The zero-order chi connectivity index (χ0) is 12.3. The van der Waals surface area contributed by atoms with Gasteiger partial charge in [0.25, 0.3) is 0 Å². The van der Waals surface area contributed by atoms with Gasteiger partial charge in [0.15, 0.2) is 0 Å². The molecule has 2 bridgehead atoms. The van der Waals surface area contributed by atoms with Crippen LogP contribution in [-0.4, -0.2) is 28.6 Å². The molecule has 4 heteroatoms. The highest BCUT2D eigenvalue weighted by atomic mass is 28.4. The van der Waals surface area contributed by atoms with Crippen LogP contribution in [0.2, 0.25) is 5.54 Å². The fraction of sp³-hybridized carbons (Fsp3) is 0.846. The van der Waals surface area contributed by atoms with E-state index in [0.29, 0.717) is 31.3 Å². The minimum atomic E-state index is -2.47. The number of hydrogen-bond acceptors (Lipinski definition) is 3. The molecule has 0 aromatic heterocycles. The predicted molar refractivity (Wildman–Crippen MR) is 69.7 cm³/mol. The molecule has 3 atom stereocenters. The second kappa shape index (κ2) is 5.65. The van der Waals surface area contributed by atoms with Gasteiger partial charge < -0.3 is 13.3 Å². The van der Waals surface area contributed by atoms with Crippen LogP contribution in [0.25, 0.3) is 0 Å². The van der Waals surface area contributed by atoms with Crippen LogP contribution in [0.5, 0.6) is 0 Å². The van der Waals surface area contributed by atoms with Gasteiger partial charge in [0.2, 0.25) is 0 Å². The van der Waals surface area contributed by atoms with Crippen LogP contribution in [0.4, 0.5) is 0 Å². The van der Waals surface area contributed by atoms with E-state index in [1.807, 2.05) is 20.8 Å². The molecule has 0 aromatic carbocycles. The first-order valence-electron chi connectivity index (χ1n) is 6.85. The van der Waals surface area contributed by atoms with Crippen molar-refractivity contribution in [3.63, 3.8) is 0 Å². The van der Waals surface area contributed by atoms with Gasteiger partial charge in [0, 0.05) is 25.4 Å². The molecule has 2 aliphatic rings. The average Bonchev–Trinajstić information content (AvgIpc) is 2.91. The Morgan fingerprint density at radius 3 is 1.88 bits per heavy atom. The minimum Gasteiger partial charge on any atom is -0.374 e. The van der Waals surface area contributed by atoms with Crippen molar-refractivity contribution in [2.45, 2.75) is 39.2 Å². The van der Waals surface area contributed by atoms with Gasteiger partial charge in [-0.05, 0) is 45.4 Å². The lowest BCUT2D eigenvalue weighted by Crippen LogP contribution is -2.51. The van der Waals surface area contributed by atoms with Crippen LogP contribution >= 0.6 is 0 Å². The largest absolute Gasteiger partial charge is 0.504 e. The number of allylic oxidation sites excluding steroid dienone is 2. The molecule has 2 rings (SSSR count). The van der Waals surface area contributed by atoms with Gasteiger partial charge in [-0.25, -0.2) is 0 Å². The molecule has 0 radical (unpaired) electrons. The molecule has 2 aliphatic carbocycles. The van der Waals surface area contributed by atoms with Crippen molar-refractivity contribution in [1.29, 1.82) is 0 Å². The first kappa shape index (κ1) is 13.3. The Morgan fingerprint density at radius 2 is 1.53 bits per heavy atom. The summed E-state index contributed by atoms with van der Waals surface area (Å²) in [4.78, 5) is 0. The fourth-order valence-electron chi connectivity index (χ4n) is 3.24. The number of hydrogen-bond donors (Lipinski definition) is 0. The summed E-state index contributed by atoms with van der Waals surface area (Å²) in [6, 6.07) is 0. The normalized spacial score (nSPS) is 31.4. The van der Waals surface area contributed by atoms with Crippen molar-refractivity contribution in [2.75, 3.05) is 19.8 Å². The molecule has 1 saturated carbocycles. The van der Waals surface area contributed by atoms with Crippen molar-refractivity contribution in [3.05, 3.63) is 12.2 Å². The maximum Gasteiger partial charge on any atom is 0.504 e. The van der Waals surface area contributed by atoms with E-state index in [1.54, 1.807) is 0 Å². The second-order valence-electron chi connectivity index (χ2n) is 4.79. The zero-order valence-electron chi connectivity index (χ0n) is 11.1. The standard InChI is InChI=1S/C13H24O3Si/c1-4-14-17(15-5-2,16-6-3)13-10-11-7-8-12(13)9-11/h7-8,11-13H,4-6,9-10H2,1-3H3/t11-,12+,13?/m0/s1. The summed E-state index contributed by atoms with van der Waals surface area (Å²) < 4.78 is 18.0. The maximum absolute atomic E-state index is 6.01. The smallest absolute Gasteiger partial charge is 0.374 e. The van der Waals surface area contributed by atoms with Crippen LogP contribution in [0.15, 0.2) is 12.2 Å². The van der Waals surface area contributed by atoms with Gasteiger partial charge in [0.05, 0.1) is 0 Å².